The van der Waals surface area contributed by atoms with Crippen molar-refractivity contribution < 1.29 is 14.3 Å². The monoisotopic (exact) mass is 248 g/mol. The van der Waals surface area contributed by atoms with Gasteiger partial charge in [0.05, 0.1) is 7.11 Å². The number of carbonyl (C=O) groups excluding carboxylic acids is 2. The van der Waals surface area contributed by atoms with E-state index in [1.165, 1.54) is 12.7 Å². The molecule has 0 saturated heterocycles. The Morgan fingerprint density at radius 1 is 1.17 bits per heavy atom. The third-order valence-corrected chi connectivity index (χ3v) is 3.37. The van der Waals surface area contributed by atoms with Crippen molar-refractivity contribution in [2.75, 3.05) is 7.11 Å². The summed E-state index contributed by atoms with van der Waals surface area (Å²) in [6, 6.07) is 0. The molecule has 98 valence electrons. The zero-order valence-electron chi connectivity index (χ0n) is 11.7. The highest BCUT2D eigenvalue weighted by atomic mass is 16.5. The second-order valence-corrected chi connectivity index (χ2v) is 4.53. The van der Waals surface area contributed by atoms with Crippen molar-refractivity contribution >= 4 is 11.6 Å². The van der Waals surface area contributed by atoms with Gasteiger partial charge in [0, 0.05) is 16.7 Å². The Morgan fingerprint density at radius 3 is 2.28 bits per heavy atom. The molecule has 0 aromatic rings. The first-order chi connectivity index (χ1) is 8.43. The Labute approximate surface area is 108 Å². The minimum atomic E-state index is -0.160. The van der Waals surface area contributed by atoms with Crippen LogP contribution in [-0.4, -0.2) is 18.7 Å². The number of rotatable bonds is 4. The van der Waals surface area contributed by atoms with E-state index < -0.39 is 0 Å². The van der Waals surface area contributed by atoms with Gasteiger partial charge in [0.1, 0.15) is 0 Å². The van der Waals surface area contributed by atoms with Gasteiger partial charge in [-0.15, -0.1) is 0 Å². The summed E-state index contributed by atoms with van der Waals surface area (Å²) in [6.45, 7) is 7.42. The normalized spacial score (nSPS) is 17.7. The van der Waals surface area contributed by atoms with Crippen LogP contribution in [0.5, 0.6) is 0 Å². The molecule has 0 aliphatic heterocycles. The van der Waals surface area contributed by atoms with Gasteiger partial charge in [-0.05, 0) is 33.6 Å². The molecule has 0 N–H and O–H groups in total. The highest BCUT2D eigenvalue weighted by Gasteiger charge is 2.30. The molecule has 1 rings (SSSR count). The Hall–Kier alpha value is -1.64. The van der Waals surface area contributed by atoms with Gasteiger partial charge in [-0.2, -0.15) is 0 Å². The van der Waals surface area contributed by atoms with Crippen molar-refractivity contribution in [3.63, 3.8) is 0 Å². The zero-order chi connectivity index (χ0) is 13.9. The average molecular weight is 248 g/mol. The minimum Gasteiger partial charge on any atom is -0.492 e. The van der Waals surface area contributed by atoms with Crippen molar-refractivity contribution in [2.45, 2.75) is 40.5 Å². The van der Waals surface area contributed by atoms with Crippen LogP contribution in [0, 0.1) is 0 Å². The van der Waals surface area contributed by atoms with E-state index in [1.807, 2.05) is 13.0 Å². The topological polar surface area (TPSA) is 43.4 Å². The van der Waals surface area contributed by atoms with Gasteiger partial charge in [0.25, 0.3) is 0 Å². The predicted molar refractivity (Wildman–Crippen MR) is 71.1 cm³/mol. The Balaban J connectivity index is 3.12. The van der Waals surface area contributed by atoms with Crippen molar-refractivity contribution in [3.05, 3.63) is 34.1 Å². The maximum Gasteiger partial charge on any atom is 0.224 e. The lowest BCUT2D eigenvalue weighted by Crippen LogP contribution is -2.22. The van der Waals surface area contributed by atoms with Crippen LogP contribution < -0.4 is 0 Å². The summed E-state index contributed by atoms with van der Waals surface area (Å²) in [4.78, 5) is 24.2. The van der Waals surface area contributed by atoms with Gasteiger partial charge in [-0.3, -0.25) is 9.59 Å². The second kappa shape index (κ2) is 5.80. The SMILES string of the molecule is CC/C(C)=C/CC1=C(C)C(=O)C(C)=C(OC)C1=O. The smallest absolute Gasteiger partial charge is 0.224 e. The fourth-order valence-electron chi connectivity index (χ4n) is 1.91. The zero-order valence-corrected chi connectivity index (χ0v) is 11.7. The molecule has 0 amide bonds. The number of ether oxygens (including phenoxy) is 1. The fourth-order valence-corrected chi connectivity index (χ4v) is 1.91. The Morgan fingerprint density at radius 2 is 1.78 bits per heavy atom. The summed E-state index contributed by atoms with van der Waals surface area (Å²) < 4.78 is 5.05. The van der Waals surface area contributed by atoms with Crippen LogP contribution in [0.1, 0.15) is 40.5 Å². The number of hydrogen-bond donors (Lipinski definition) is 0. The highest BCUT2D eigenvalue weighted by Crippen LogP contribution is 2.27. The molecule has 3 nitrogen and oxygen atoms in total. The molecule has 1 aliphatic rings. The van der Waals surface area contributed by atoms with E-state index in [0.29, 0.717) is 23.1 Å². The molecular formula is C15H20O3. The molecule has 0 bridgehead atoms. The van der Waals surface area contributed by atoms with Gasteiger partial charge in [0.2, 0.25) is 5.78 Å². The van der Waals surface area contributed by atoms with E-state index in [2.05, 4.69) is 6.92 Å². The average Bonchev–Trinajstić information content (AvgIpc) is 2.36. The lowest BCUT2D eigenvalue weighted by molar-refractivity contribution is -0.118. The lowest BCUT2D eigenvalue weighted by Gasteiger charge is -2.18. The first-order valence-electron chi connectivity index (χ1n) is 6.13. The number of Topliss-reactive ketones (excluding diaryl/α,β-unsaturated/α-hetero) is 2. The van der Waals surface area contributed by atoms with Crippen LogP contribution in [0.15, 0.2) is 34.1 Å². The van der Waals surface area contributed by atoms with Gasteiger partial charge in [-0.1, -0.05) is 18.6 Å². The third-order valence-electron chi connectivity index (χ3n) is 3.37. The lowest BCUT2D eigenvalue weighted by atomic mass is 9.87. The molecular weight excluding hydrogens is 228 g/mol. The summed E-state index contributed by atoms with van der Waals surface area (Å²) in [7, 11) is 1.43. The molecule has 0 spiro atoms. The van der Waals surface area contributed by atoms with Gasteiger partial charge in [0.15, 0.2) is 11.5 Å². The number of methoxy groups -OCH3 is 1. The Bertz CT molecular complexity index is 476. The molecule has 0 saturated carbocycles. The molecule has 0 aromatic heterocycles. The standard InChI is InChI=1S/C15H20O3/c1-6-9(2)7-8-12-10(3)13(16)11(4)15(18-5)14(12)17/h7H,6,8H2,1-5H3/b9-7+. The first-order valence-corrected chi connectivity index (χ1v) is 6.13. The maximum absolute atomic E-state index is 12.2. The summed E-state index contributed by atoms with van der Waals surface area (Å²) in [6.07, 6.45) is 3.44. The minimum absolute atomic E-state index is 0.0935. The van der Waals surface area contributed by atoms with Crippen molar-refractivity contribution in [3.8, 4) is 0 Å². The van der Waals surface area contributed by atoms with Crippen LogP contribution in [-0.2, 0) is 14.3 Å². The van der Waals surface area contributed by atoms with Crippen LogP contribution in [0.3, 0.4) is 0 Å². The molecule has 0 unspecified atom stereocenters. The van der Waals surface area contributed by atoms with Gasteiger partial charge < -0.3 is 4.74 Å². The number of carbonyl (C=O) groups is 2. The van der Waals surface area contributed by atoms with Crippen LogP contribution in [0.25, 0.3) is 0 Å². The molecule has 0 fully saturated rings. The van der Waals surface area contributed by atoms with Gasteiger partial charge >= 0.3 is 0 Å². The molecule has 0 heterocycles. The predicted octanol–water partition coefficient (Wildman–Crippen LogP) is 3.12. The van der Waals surface area contributed by atoms with Crippen LogP contribution in [0.4, 0.5) is 0 Å². The quantitative estimate of drug-likeness (QED) is 0.567. The number of allylic oxidation sites excluding steroid dienone is 5. The van der Waals surface area contributed by atoms with Crippen molar-refractivity contribution in [1.82, 2.24) is 0 Å². The maximum atomic E-state index is 12.2. The Kier molecular flexibility index (Phi) is 4.65. The molecule has 0 atom stereocenters. The van der Waals surface area contributed by atoms with E-state index in [1.54, 1.807) is 13.8 Å². The first kappa shape index (κ1) is 14.4. The van der Waals surface area contributed by atoms with Crippen LogP contribution >= 0.6 is 0 Å². The number of ketones is 2. The van der Waals surface area contributed by atoms with E-state index in [9.17, 15) is 9.59 Å². The molecule has 18 heavy (non-hydrogen) atoms. The molecule has 3 heteroatoms. The summed E-state index contributed by atoms with van der Waals surface area (Å²) in [5.74, 6) is -0.0700. The summed E-state index contributed by atoms with van der Waals surface area (Å²) in [5, 5.41) is 0. The largest absolute Gasteiger partial charge is 0.492 e. The van der Waals surface area contributed by atoms with Crippen molar-refractivity contribution in [2.24, 2.45) is 0 Å². The molecule has 0 radical (unpaired) electrons. The van der Waals surface area contributed by atoms with E-state index in [0.717, 1.165) is 6.42 Å². The summed E-state index contributed by atoms with van der Waals surface area (Å²) in [5.41, 5.74) is 2.70. The summed E-state index contributed by atoms with van der Waals surface area (Å²) >= 11 is 0. The van der Waals surface area contributed by atoms with E-state index in [-0.39, 0.29) is 17.3 Å². The third kappa shape index (κ3) is 2.61. The van der Waals surface area contributed by atoms with E-state index in [4.69, 9.17) is 4.74 Å². The number of hydrogen-bond acceptors (Lipinski definition) is 3. The van der Waals surface area contributed by atoms with Gasteiger partial charge in [-0.25, -0.2) is 0 Å². The molecule has 1 aliphatic carbocycles. The van der Waals surface area contributed by atoms with Crippen molar-refractivity contribution in [1.29, 1.82) is 0 Å². The molecule has 0 aromatic carbocycles. The second-order valence-electron chi connectivity index (χ2n) is 4.53. The highest BCUT2D eigenvalue weighted by molar-refractivity contribution is 6.24. The van der Waals surface area contributed by atoms with Crippen LogP contribution in [0.2, 0.25) is 0 Å². The fraction of sp³-hybridized carbons (Fsp3) is 0.467. The van der Waals surface area contributed by atoms with E-state index >= 15 is 0 Å².